The lowest BCUT2D eigenvalue weighted by atomic mass is 9.94. The molecule has 176 valence electrons. The first kappa shape index (κ1) is 24.7. The number of hydrogen-bond donors (Lipinski definition) is 2. The first-order chi connectivity index (χ1) is 15.7. The fraction of sp³-hybridized carbons (Fsp3) is 0.304. The van der Waals surface area contributed by atoms with E-state index in [1.165, 1.54) is 50.5 Å². The summed E-state index contributed by atoms with van der Waals surface area (Å²) in [6.07, 6.45) is 0.453. The van der Waals surface area contributed by atoms with Crippen molar-refractivity contribution < 1.29 is 34.0 Å². The molecule has 3 rings (SSSR count). The molecule has 8 nitrogen and oxygen atoms in total. The van der Waals surface area contributed by atoms with E-state index in [4.69, 9.17) is 37.4 Å². The minimum absolute atomic E-state index is 0.0626. The zero-order valence-corrected chi connectivity index (χ0v) is 19.7. The van der Waals surface area contributed by atoms with E-state index in [0.717, 1.165) is 0 Å². The second-order valence-electron chi connectivity index (χ2n) is 7.24. The van der Waals surface area contributed by atoms with E-state index in [-0.39, 0.29) is 45.0 Å². The van der Waals surface area contributed by atoms with Crippen molar-refractivity contribution in [3.63, 3.8) is 0 Å². The van der Waals surface area contributed by atoms with Gasteiger partial charge >= 0.3 is 0 Å². The summed E-state index contributed by atoms with van der Waals surface area (Å²) in [6.45, 7) is 0.543. The highest BCUT2D eigenvalue weighted by molar-refractivity contribution is 6.46. The van der Waals surface area contributed by atoms with Crippen molar-refractivity contribution in [2.75, 3.05) is 34.5 Å². The lowest BCUT2D eigenvalue weighted by molar-refractivity contribution is -0.140. The Bertz CT molecular complexity index is 1120. The smallest absolute Gasteiger partial charge is 0.295 e. The summed E-state index contributed by atoms with van der Waals surface area (Å²) in [7, 11) is 4.29. The SMILES string of the molecule is COCCCN1C(=O)C(=O)/C(=C(/O)c2cc(Cl)cc(Cl)c2OC)C1c1ccc(OC)c(O)c1. The van der Waals surface area contributed by atoms with Gasteiger partial charge in [0.25, 0.3) is 11.7 Å². The minimum Gasteiger partial charge on any atom is -0.507 e. The van der Waals surface area contributed by atoms with Gasteiger partial charge < -0.3 is 29.3 Å². The molecule has 1 saturated heterocycles. The second-order valence-corrected chi connectivity index (χ2v) is 8.08. The Hall–Kier alpha value is -2.94. The van der Waals surface area contributed by atoms with E-state index in [0.29, 0.717) is 18.6 Å². The number of carbonyl (C=O) groups is 2. The second kappa shape index (κ2) is 10.3. The Kier molecular flexibility index (Phi) is 7.73. The minimum atomic E-state index is -0.985. The van der Waals surface area contributed by atoms with E-state index < -0.39 is 23.5 Å². The van der Waals surface area contributed by atoms with E-state index in [1.807, 2.05) is 0 Å². The lowest BCUT2D eigenvalue weighted by Crippen LogP contribution is -2.31. The molecule has 10 heteroatoms. The highest BCUT2D eigenvalue weighted by Gasteiger charge is 2.46. The number of aromatic hydroxyl groups is 1. The summed E-state index contributed by atoms with van der Waals surface area (Å²) < 4.78 is 15.5. The quantitative estimate of drug-likeness (QED) is 0.245. The van der Waals surface area contributed by atoms with Gasteiger partial charge in [0, 0.05) is 25.3 Å². The molecule has 1 atom stereocenters. The summed E-state index contributed by atoms with van der Waals surface area (Å²) in [6, 6.07) is 6.34. The van der Waals surface area contributed by atoms with Crippen molar-refractivity contribution in [2.45, 2.75) is 12.5 Å². The number of rotatable bonds is 8. The third kappa shape index (κ3) is 4.73. The van der Waals surface area contributed by atoms with Gasteiger partial charge in [-0.3, -0.25) is 9.59 Å². The van der Waals surface area contributed by atoms with Crippen LogP contribution in [0.5, 0.6) is 17.2 Å². The average Bonchev–Trinajstić information content (AvgIpc) is 3.03. The molecule has 2 aromatic carbocycles. The topological polar surface area (TPSA) is 106 Å². The molecule has 1 aliphatic rings. The standard InChI is InChI=1S/C23H23Cl2NO7/c1-31-8-4-7-26-19(12-5-6-17(32-2)16(27)9-12)18(21(29)23(26)30)20(28)14-10-13(24)11-15(25)22(14)33-3/h5-6,9-11,19,27-28H,4,7-8H2,1-3H3/b20-18+. The molecule has 1 fully saturated rings. The van der Waals surface area contributed by atoms with Gasteiger partial charge in [0.05, 0.1) is 36.4 Å². The fourth-order valence-electron chi connectivity index (χ4n) is 3.80. The van der Waals surface area contributed by atoms with E-state index in [1.54, 1.807) is 6.07 Å². The van der Waals surface area contributed by atoms with Gasteiger partial charge in [-0.1, -0.05) is 29.3 Å². The van der Waals surface area contributed by atoms with Crippen LogP contribution in [0.2, 0.25) is 10.0 Å². The van der Waals surface area contributed by atoms with Crippen LogP contribution in [0.25, 0.3) is 5.76 Å². The third-order valence-corrected chi connectivity index (χ3v) is 5.77. The maximum atomic E-state index is 13.1. The molecule has 2 N–H and O–H groups in total. The third-order valence-electron chi connectivity index (χ3n) is 5.27. The predicted molar refractivity (Wildman–Crippen MR) is 123 cm³/mol. The Morgan fingerprint density at radius 2 is 1.82 bits per heavy atom. The molecule has 0 aromatic heterocycles. The molecule has 0 spiro atoms. The van der Waals surface area contributed by atoms with Gasteiger partial charge in [0.15, 0.2) is 11.5 Å². The molecular weight excluding hydrogens is 473 g/mol. The van der Waals surface area contributed by atoms with E-state index in [2.05, 4.69) is 0 Å². The molecular formula is C23H23Cl2NO7. The highest BCUT2D eigenvalue weighted by atomic mass is 35.5. The largest absolute Gasteiger partial charge is 0.507 e. The number of halogens is 2. The zero-order valence-electron chi connectivity index (χ0n) is 18.2. The van der Waals surface area contributed by atoms with Crippen LogP contribution in [0.15, 0.2) is 35.9 Å². The van der Waals surface area contributed by atoms with Crippen LogP contribution in [-0.2, 0) is 14.3 Å². The van der Waals surface area contributed by atoms with Crippen molar-refractivity contribution in [1.29, 1.82) is 0 Å². The summed E-state index contributed by atoms with van der Waals surface area (Å²) in [5, 5.41) is 21.9. The van der Waals surface area contributed by atoms with Crippen LogP contribution in [0.4, 0.5) is 0 Å². The van der Waals surface area contributed by atoms with Crippen molar-refractivity contribution in [1.82, 2.24) is 4.90 Å². The number of nitrogens with zero attached hydrogens (tertiary/aromatic N) is 1. The molecule has 0 saturated carbocycles. The summed E-state index contributed by atoms with van der Waals surface area (Å²) in [5.74, 6) is -2.03. The number of methoxy groups -OCH3 is 3. The van der Waals surface area contributed by atoms with Gasteiger partial charge in [0.2, 0.25) is 0 Å². The number of likely N-dealkylation sites (tertiary alicyclic amines) is 1. The summed E-state index contributed by atoms with van der Waals surface area (Å²) in [4.78, 5) is 27.4. The normalized spacial score (nSPS) is 17.5. The Morgan fingerprint density at radius 3 is 2.42 bits per heavy atom. The van der Waals surface area contributed by atoms with Crippen LogP contribution in [0.3, 0.4) is 0 Å². The summed E-state index contributed by atoms with van der Waals surface area (Å²) in [5.41, 5.74) is 0.282. The molecule has 1 unspecified atom stereocenters. The molecule has 1 amide bonds. The van der Waals surface area contributed by atoms with Crippen LogP contribution >= 0.6 is 23.2 Å². The van der Waals surface area contributed by atoms with Crippen LogP contribution in [0, 0.1) is 0 Å². The molecule has 0 radical (unpaired) electrons. The van der Waals surface area contributed by atoms with Crippen LogP contribution in [0.1, 0.15) is 23.6 Å². The Morgan fingerprint density at radius 1 is 1.09 bits per heavy atom. The number of amides is 1. The Balaban J connectivity index is 2.24. The van der Waals surface area contributed by atoms with E-state index >= 15 is 0 Å². The molecule has 33 heavy (non-hydrogen) atoms. The van der Waals surface area contributed by atoms with Gasteiger partial charge in [0.1, 0.15) is 11.5 Å². The zero-order chi connectivity index (χ0) is 24.3. The van der Waals surface area contributed by atoms with Crippen molar-refractivity contribution >= 4 is 40.7 Å². The molecule has 1 aliphatic heterocycles. The monoisotopic (exact) mass is 495 g/mol. The molecule has 2 aromatic rings. The van der Waals surface area contributed by atoms with Crippen molar-refractivity contribution in [2.24, 2.45) is 0 Å². The summed E-state index contributed by atoms with van der Waals surface area (Å²) >= 11 is 12.3. The molecule has 1 heterocycles. The fourth-order valence-corrected chi connectivity index (χ4v) is 4.37. The maximum Gasteiger partial charge on any atom is 0.295 e. The number of benzene rings is 2. The predicted octanol–water partition coefficient (Wildman–Crippen LogP) is 4.17. The van der Waals surface area contributed by atoms with Gasteiger partial charge in [-0.25, -0.2) is 0 Å². The van der Waals surface area contributed by atoms with Crippen LogP contribution < -0.4 is 9.47 Å². The molecule has 0 aliphatic carbocycles. The number of hydrogen-bond acceptors (Lipinski definition) is 7. The molecule has 0 bridgehead atoms. The lowest BCUT2D eigenvalue weighted by Gasteiger charge is -2.25. The number of ether oxygens (including phenoxy) is 3. The van der Waals surface area contributed by atoms with Gasteiger partial charge in [-0.05, 0) is 36.2 Å². The van der Waals surface area contributed by atoms with Crippen molar-refractivity contribution in [3.8, 4) is 17.2 Å². The highest BCUT2D eigenvalue weighted by Crippen LogP contribution is 2.44. The van der Waals surface area contributed by atoms with Gasteiger partial charge in [-0.15, -0.1) is 0 Å². The first-order valence-corrected chi connectivity index (χ1v) is 10.7. The maximum absolute atomic E-state index is 13.1. The number of aliphatic hydroxyl groups excluding tert-OH is 1. The number of Topliss-reactive ketones (excluding diaryl/α,β-unsaturated/α-hetero) is 1. The average molecular weight is 496 g/mol. The number of phenolic OH excluding ortho intramolecular Hbond substituents is 1. The number of aliphatic hydroxyl groups is 1. The number of carbonyl (C=O) groups excluding carboxylic acids is 2. The van der Waals surface area contributed by atoms with Crippen LogP contribution in [-0.4, -0.2) is 61.3 Å². The number of ketones is 1. The first-order valence-electron chi connectivity index (χ1n) is 9.92. The number of phenols is 1. The van der Waals surface area contributed by atoms with Gasteiger partial charge in [-0.2, -0.15) is 0 Å². The van der Waals surface area contributed by atoms with E-state index in [9.17, 15) is 19.8 Å². The Labute approximate surface area is 200 Å². The van der Waals surface area contributed by atoms with Crippen molar-refractivity contribution in [3.05, 3.63) is 57.1 Å².